The van der Waals surface area contributed by atoms with Gasteiger partial charge in [-0.2, -0.15) is 0 Å². The minimum atomic E-state index is -1.41. The van der Waals surface area contributed by atoms with Crippen LogP contribution in [0.5, 0.6) is 0 Å². The van der Waals surface area contributed by atoms with E-state index >= 15 is 0 Å². The summed E-state index contributed by atoms with van der Waals surface area (Å²) in [6, 6.07) is 16.1. The topological polar surface area (TPSA) is 95.9 Å². The zero-order valence-corrected chi connectivity index (χ0v) is 13.9. The van der Waals surface area contributed by atoms with Crippen molar-refractivity contribution in [3.8, 4) is 0 Å². The minimum absolute atomic E-state index is 0.0149. The summed E-state index contributed by atoms with van der Waals surface area (Å²) in [7, 11) is 0. The first kappa shape index (κ1) is 18.5. The molecule has 2 atom stereocenters. The second kappa shape index (κ2) is 8.84. The predicted molar refractivity (Wildman–Crippen MR) is 92.1 cm³/mol. The van der Waals surface area contributed by atoms with Crippen LogP contribution in [0.3, 0.4) is 0 Å². The van der Waals surface area contributed by atoms with Gasteiger partial charge in [-0.25, -0.2) is 9.59 Å². The number of carbonyl (C=O) groups is 2. The number of amides is 1. The summed E-state index contributed by atoms with van der Waals surface area (Å²) < 4.78 is 5.11. The molecule has 25 heavy (non-hydrogen) atoms. The molecule has 0 radical (unpaired) electrons. The molecule has 0 heterocycles. The molecule has 132 valence electrons. The van der Waals surface area contributed by atoms with Crippen LogP contribution in [-0.4, -0.2) is 34.4 Å². The Morgan fingerprint density at radius 2 is 1.64 bits per heavy atom. The molecule has 6 nitrogen and oxygen atoms in total. The number of carboxylic acid groups (broad SMARTS) is 1. The van der Waals surface area contributed by atoms with Crippen LogP contribution in [0.25, 0.3) is 0 Å². The Labute approximate surface area is 146 Å². The van der Waals surface area contributed by atoms with Crippen LogP contribution in [0.1, 0.15) is 23.6 Å². The Kier molecular flexibility index (Phi) is 6.54. The van der Waals surface area contributed by atoms with Gasteiger partial charge in [-0.3, -0.25) is 0 Å². The molecule has 0 saturated carbocycles. The van der Waals surface area contributed by atoms with Gasteiger partial charge in [0.05, 0.1) is 6.10 Å². The number of hydrogen-bond acceptors (Lipinski definition) is 4. The second-order valence-corrected chi connectivity index (χ2v) is 5.71. The van der Waals surface area contributed by atoms with Gasteiger partial charge in [0.1, 0.15) is 6.61 Å². The normalized spacial score (nSPS) is 12.9. The highest BCUT2D eigenvalue weighted by atomic mass is 16.5. The van der Waals surface area contributed by atoms with Crippen molar-refractivity contribution in [3.05, 3.63) is 71.3 Å². The van der Waals surface area contributed by atoms with E-state index in [2.05, 4.69) is 5.32 Å². The van der Waals surface area contributed by atoms with Gasteiger partial charge in [-0.15, -0.1) is 0 Å². The third kappa shape index (κ3) is 5.61. The molecule has 2 rings (SSSR count). The third-order valence-electron chi connectivity index (χ3n) is 3.74. The van der Waals surface area contributed by atoms with Crippen LogP contribution in [0.2, 0.25) is 0 Å². The molecule has 0 spiro atoms. The molecule has 0 aliphatic rings. The fourth-order valence-electron chi connectivity index (χ4n) is 2.39. The minimum Gasteiger partial charge on any atom is -0.480 e. The number of ether oxygens (including phenoxy) is 1. The number of hydrogen-bond donors (Lipinski definition) is 3. The Morgan fingerprint density at radius 3 is 2.24 bits per heavy atom. The Hall–Kier alpha value is -2.86. The highest BCUT2D eigenvalue weighted by Crippen LogP contribution is 2.15. The van der Waals surface area contributed by atoms with Gasteiger partial charge in [0.2, 0.25) is 0 Å². The number of aliphatic hydroxyl groups is 1. The molecule has 0 aromatic heterocycles. The number of carboxylic acids is 1. The number of benzene rings is 2. The lowest BCUT2D eigenvalue weighted by Gasteiger charge is -2.17. The lowest BCUT2D eigenvalue weighted by Crippen LogP contribution is -2.47. The van der Waals surface area contributed by atoms with Crippen LogP contribution in [0.15, 0.2) is 54.6 Å². The summed E-state index contributed by atoms with van der Waals surface area (Å²) in [5.41, 5.74) is 3.00. The first-order valence-electron chi connectivity index (χ1n) is 7.92. The van der Waals surface area contributed by atoms with Crippen LogP contribution in [-0.2, 0) is 22.6 Å². The summed E-state index contributed by atoms with van der Waals surface area (Å²) >= 11 is 0. The van der Waals surface area contributed by atoms with E-state index in [-0.39, 0.29) is 6.61 Å². The largest absolute Gasteiger partial charge is 0.480 e. The maximum atomic E-state index is 11.8. The van der Waals surface area contributed by atoms with E-state index < -0.39 is 24.2 Å². The number of nitrogens with one attached hydrogen (secondary N) is 1. The van der Waals surface area contributed by atoms with Gasteiger partial charge in [0, 0.05) is 0 Å². The summed E-state index contributed by atoms with van der Waals surface area (Å²) in [5, 5.41) is 20.5. The lowest BCUT2D eigenvalue weighted by atomic mass is 10.0. The number of aliphatic hydroxyl groups excluding tert-OH is 1. The molecule has 0 fully saturated rings. The van der Waals surface area contributed by atoms with Gasteiger partial charge in [0.25, 0.3) is 0 Å². The SMILES string of the molecule is C[C@@H](O)[C@H](NC(=O)OCc1ccccc1Cc1ccccc1)C(=O)O. The molecule has 0 unspecified atom stereocenters. The predicted octanol–water partition coefficient (Wildman–Crippen LogP) is 2.34. The van der Waals surface area contributed by atoms with Crippen LogP contribution in [0.4, 0.5) is 4.79 Å². The van der Waals surface area contributed by atoms with Crippen molar-refractivity contribution in [1.29, 1.82) is 0 Å². The van der Waals surface area contributed by atoms with E-state index in [1.165, 1.54) is 6.92 Å². The average molecular weight is 343 g/mol. The molecule has 0 aliphatic heterocycles. The maximum Gasteiger partial charge on any atom is 0.408 e. The van der Waals surface area contributed by atoms with Crippen LogP contribution in [0, 0.1) is 0 Å². The molecule has 2 aromatic rings. The van der Waals surface area contributed by atoms with Crippen molar-refractivity contribution >= 4 is 12.1 Å². The van der Waals surface area contributed by atoms with Crippen LogP contribution < -0.4 is 5.32 Å². The Morgan fingerprint density at radius 1 is 1.04 bits per heavy atom. The average Bonchev–Trinajstić information content (AvgIpc) is 2.59. The van der Waals surface area contributed by atoms with E-state index in [9.17, 15) is 14.7 Å². The van der Waals surface area contributed by atoms with Crippen molar-refractivity contribution in [2.45, 2.75) is 32.1 Å². The van der Waals surface area contributed by atoms with Gasteiger partial charge >= 0.3 is 12.1 Å². The van der Waals surface area contributed by atoms with Crippen LogP contribution >= 0.6 is 0 Å². The first-order valence-corrected chi connectivity index (χ1v) is 7.92. The van der Waals surface area contributed by atoms with Crippen molar-refractivity contribution in [1.82, 2.24) is 5.32 Å². The van der Waals surface area contributed by atoms with E-state index in [0.717, 1.165) is 16.7 Å². The van der Waals surface area contributed by atoms with Gasteiger partial charge in [-0.1, -0.05) is 54.6 Å². The molecule has 0 aliphatic carbocycles. The Balaban J connectivity index is 1.99. The zero-order chi connectivity index (χ0) is 18.2. The Bertz CT molecular complexity index is 715. The standard InChI is InChI=1S/C19H21NO5/c1-13(21)17(18(22)23)20-19(24)25-12-16-10-6-5-9-15(16)11-14-7-3-2-4-8-14/h2-10,13,17,21H,11-12H2,1H3,(H,20,24)(H,22,23)/t13-,17+/m1/s1. The molecule has 3 N–H and O–H groups in total. The van der Waals surface area contributed by atoms with Gasteiger partial charge < -0.3 is 20.3 Å². The molecule has 0 bridgehead atoms. The first-order chi connectivity index (χ1) is 12.0. The molecular weight excluding hydrogens is 322 g/mol. The van der Waals surface area contributed by atoms with E-state index in [1.807, 2.05) is 54.6 Å². The summed E-state index contributed by atoms with van der Waals surface area (Å²) in [5.74, 6) is -1.32. The lowest BCUT2D eigenvalue weighted by molar-refractivity contribution is -0.142. The van der Waals surface area contributed by atoms with E-state index in [0.29, 0.717) is 6.42 Å². The van der Waals surface area contributed by atoms with E-state index in [1.54, 1.807) is 0 Å². The summed E-state index contributed by atoms with van der Waals surface area (Å²) in [6.07, 6.45) is -1.41. The highest BCUT2D eigenvalue weighted by molar-refractivity contribution is 5.80. The second-order valence-electron chi connectivity index (χ2n) is 5.71. The summed E-state index contributed by atoms with van der Waals surface area (Å²) in [6.45, 7) is 1.30. The maximum absolute atomic E-state index is 11.8. The highest BCUT2D eigenvalue weighted by Gasteiger charge is 2.25. The molecular formula is C19H21NO5. The van der Waals surface area contributed by atoms with Crippen molar-refractivity contribution in [2.24, 2.45) is 0 Å². The zero-order valence-electron chi connectivity index (χ0n) is 13.9. The molecule has 6 heteroatoms. The monoisotopic (exact) mass is 343 g/mol. The fraction of sp³-hybridized carbons (Fsp3) is 0.263. The van der Waals surface area contributed by atoms with E-state index in [4.69, 9.17) is 9.84 Å². The third-order valence-corrected chi connectivity index (χ3v) is 3.74. The number of alkyl carbamates (subject to hydrolysis) is 1. The molecule has 1 amide bonds. The fourth-order valence-corrected chi connectivity index (χ4v) is 2.39. The number of carbonyl (C=O) groups excluding carboxylic acids is 1. The quantitative estimate of drug-likeness (QED) is 0.717. The molecule has 2 aromatic carbocycles. The number of aliphatic carboxylic acids is 1. The van der Waals surface area contributed by atoms with Gasteiger partial charge in [0.15, 0.2) is 6.04 Å². The molecule has 0 saturated heterocycles. The smallest absolute Gasteiger partial charge is 0.408 e. The van der Waals surface area contributed by atoms with Crippen molar-refractivity contribution in [2.75, 3.05) is 0 Å². The number of rotatable bonds is 7. The van der Waals surface area contributed by atoms with Crippen molar-refractivity contribution in [3.63, 3.8) is 0 Å². The van der Waals surface area contributed by atoms with Crippen molar-refractivity contribution < 1.29 is 24.5 Å². The summed E-state index contributed by atoms with van der Waals surface area (Å²) in [4.78, 5) is 22.8. The van der Waals surface area contributed by atoms with Gasteiger partial charge in [-0.05, 0) is 30.0 Å².